The molecule has 0 aromatic carbocycles. The minimum absolute atomic E-state index is 0.140. The van der Waals surface area contributed by atoms with Crippen LogP contribution >= 0.6 is 0 Å². The molecule has 0 atom stereocenters. The highest BCUT2D eigenvalue weighted by molar-refractivity contribution is 5.80. The van der Waals surface area contributed by atoms with Crippen molar-refractivity contribution in [2.45, 2.75) is 11.6 Å². The first-order valence-corrected chi connectivity index (χ1v) is 3.97. The van der Waals surface area contributed by atoms with Crippen molar-refractivity contribution in [3.8, 4) is 0 Å². The number of allylic oxidation sites excluding steroid dienone is 3. The third kappa shape index (κ3) is 2.51. The molecule has 82 valence electrons. The molecule has 5 N–H and O–H groups in total. The van der Waals surface area contributed by atoms with Gasteiger partial charge in [-0.3, -0.25) is 0 Å². The summed E-state index contributed by atoms with van der Waals surface area (Å²) in [5, 5.41) is 44.8. The monoisotopic (exact) mass is 214 g/mol. The molecule has 1 aliphatic rings. The van der Waals surface area contributed by atoms with E-state index in [2.05, 4.69) is 0 Å². The maximum Gasteiger partial charge on any atom is 0.328 e. The van der Waals surface area contributed by atoms with Gasteiger partial charge in [0.2, 0.25) is 11.6 Å². The second-order valence-corrected chi connectivity index (χ2v) is 3.10. The van der Waals surface area contributed by atoms with Crippen molar-refractivity contribution in [3.63, 3.8) is 0 Å². The summed E-state index contributed by atoms with van der Waals surface area (Å²) in [4.78, 5) is 10.2. The Hall–Kier alpha value is -1.47. The molecular weight excluding hydrogens is 204 g/mol. The number of rotatable bonds is 2. The SMILES string of the molecule is O=C(O)C=CC1=CC(O)(O)C(O)(O)C=C1. The predicted molar refractivity (Wildman–Crippen MR) is 48.3 cm³/mol. The predicted octanol–water partition coefficient (Wildman–Crippen LogP) is -1.51. The van der Waals surface area contributed by atoms with Crippen LogP contribution in [0.3, 0.4) is 0 Å². The van der Waals surface area contributed by atoms with Crippen molar-refractivity contribution < 1.29 is 30.3 Å². The Labute approximate surface area is 84.7 Å². The summed E-state index contributed by atoms with van der Waals surface area (Å²) in [6.07, 6.45) is 4.51. The van der Waals surface area contributed by atoms with Crippen molar-refractivity contribution >= 4 is 5.97 Å². The first-order chi connectivity index (χ1) is 6.74. The van der Waals surface area contributed by atoms with Crippen LogP contribution in [0.5, 0.6) is 0 Å². The van der Waals surface area contributed by atoms with Gasteiger partial charge >= 0.3 is 5.97 Å². The molecular formula is C9H10O6. The molecule has 0 aromatic heterocycles. The van der Waals surface area contributed by atoms with Crippen molar-refractivity contribution in [1.29, 1.82) is 0 Å². The van der Waals surface area contributed by atoms with Crippen LogP contribution in [0.15, 0.2) is 36.0 Å². The molecule has 1 aliphatic carbocycles. The second-order valence-electron chi connectivity index (χ2n) is 3.10. The molecule has 0 unspecified atom stereocenters. The van der Waals surface area contributed by atoms with E-state index in [4.69, 9.17) is 15.3 Å². The van der Waals surface area contributed by atoms with Crippen LogP contribution in [0.2, 0.25) is 0 Å². The zero-order valence-corrected chi connectivity index (χ0v) is 7.53. The number of hydrogen-bond acceptors (Lipinski definition) is 5. The minimum atomic E-state index is -2.85. The number of carboxylic acids is 1. The van der Waals surface area contributed by atoms with Gasteiger partial charge in [0.25, 0.3) is 0 Å². The maximum absolute atomic E-state index is 10.2. The lowest BCUT2D eigenvalue weighted by Gasteiger charge is -2.32. The maximum atomic E-state index is 10.2. The summed E-state index contributed by atoms with van der Waals surface area (Å²) in [5.74, 6) is -6.83. The number of aliphatic hydroxyl groups is 4. The van der Waals surface area contributed by atoms with Crippen LogP contribution < -0.4 is 0 Å². The Kier molecular flexibility index (Phi) is 2.78. The van der Waals surface area contributed by atoms with E-state index in [-0.39, 0.29) is 5.57 Å². The molecule has 15 heavy (non-hydrogen) atoms. The lowest BCUT2D eigenvalue weighted by Crippen LogP contribution is -2.53. The molecule has 6 heteroatoms. The molecule has 0 bridgehead atoms. The highest BCUT2D eigenvalue weighted by Crippen LogP contribution is 2.27. The molecule has 0 saturated carbocycles. The number of aliphatic carboxylic acids is 1. The van der Waals surface area contributed by atoms with Crippen LogP contribution in [0.1, 0.15) is 0 Å². The largest absolute Gasteiger partial charge is 0.478 e. The lowest BCUT2D eigenvalue weighted by atomic mass is 9.95. The Bertz CT molecular complexity index is 361. The Morgan fingerprint density at radius 2 is 1.80 bits per heavy atom. The average Bonchev–Trinajstić information content (AvgIpc) is 2.07. The summed E-state index contributed by atoms with van der Waals surface area (Å²) in [7, 11) is 0. The van der Waals surface area contributed by atoms with Crippen LogP contribution in [0.4, 0.5) is 0 Å². The highest BCUT2D eigenvalue weighted by atomic mass is 16.6. The minimum Gasteiger partial charge on any atom is -0.478 e. The van der Waals surface area contributed by atoms with Crippen LogP contribution in [0.25, 0.3) is 0 Å². The van der Waals surface area contributed by atoms with E-state index in [9.17, 15) is 15.0 Å². The molecule has 0 spiro atoms. The third-order valence-electron chi connectivity index (χ3n) is 1.84. The number of carboxylic acid groups (broad SMARTS) is 1. The molecule has 6 nitrogen and oxygen atoms in total. The lowest BCUT2D eigenvalue weighted by molar-refractivity contribution is -0.308. The first-order valence-electron chi connectivity index (χ1n) is 3.97. The van der Waals surface area contributed by atoms with Crippen molar-refractivity contribution in [2.75, 3.05) is 0 Å². The first kappa shape index (κ1) is 11.6. The molecule has 0 heterocycles. The van der Waals surface area contributed by atoms with Crippen molar-refractivity contribution in [1.82, 2.24) is 0 Å². The van der Waals surface area contributed by atoms with E-state index in [0.29, 0.717) is 0 Å². The molecule has 0 saturated heterocycles. The molecule has 0 radical (unpaired) electrons. The third-order valence-corrected chi connectivity index (χ3v) is 1.84. The van der Waals surface area contributed by atoms with Gasteiger partial charge in [-0.25, -0.2) is 4.79 Å². The Balaban J connectivity index is 2.94. The quantitative estimate of drug-likeness (QED) is 0.281. The van der Waals surface area contributed by atoms with Gasteiger partial charge < -0.3 is 25.5 Å². The fourth-order valence-corrected chi connectivity index (χ4v) is 0.993. The molecule has 0 aliphatic heterocycles. The summed E-state index contributed by atoms with van der Waals surface area (Å²) in [5.41, 5.74) is 0.140. The van der Waals surface area contributed by atoms with Gasteiger partial charge in [0.1, 0.15) is 0 Å². The van der Waals surface area contributed by atoms with E-state index in [1.807, 2.05) is 0 Å². The average molecular weight is 214 g/mol. The summed E-state index contributed by atoms with van der Waals surface area (Å²) in [6.45, 7) is 0. The topological polar surface area (TPSA) is 118 Å². The van der Waals surface area contributed by atoms with Gasteiger partial charge in [-0.15, -0.1) is 0 Å². The van der Waals surface area contributed by atoms with E-state index < -0.39 is 17.5 Å². The van der Waals surface area contributed by atoms with Crippen LogP contribution in [0, 0.1) is 0 Å². The van der Waals surface area contributed by atoms with Gasteiger partial charge in [0, 0.05) is 6.08 Å². The molecule has 1 rings (SSSR count). The van der Waals surface area contributed by atoms with Crippen molar-refractivity contribution in [3.05, 3.63) is 36.0 Å². The number of carbonyl (C=O) groups is 1. The zero-order valence-electron chi connectivity index (χ0n) is 7.53. The molecule has 0 amide bonds. The summed E-state index contributed by atoms with van der Waals surface area (Å²) in [6, 6.07) is 0. The van der Waals surface area contributed by atoms with Gasteiger partial charge in [-0.1, -0.05) is 6.08 Å². The summed E-state index contributed by atoms with van der Waals surface area (Å²) < 4.78 is 0. The summed E-state index contributed by atoms with van der Waals surface area (Å²) >= 11 is 0. The van der Waals surface area contributed by atoms with E-state index in [1.165, 1.54) is 0 Å². The van der Waals surface area contributed by atoms with Gasteiger partial charge in [-0.2, -0.15) is 0 Å². The number of hydrogen-bond donors (Lipinski definition) is 5. The van der Waals surface area contributed by atoms with Gasteiger partial charge in [0.15, 0.2) is 0 Å². The van der Waals surface area contributed by atoms with Crippen LogP contribution in [-0.4, -0.2) is 43.1 Å². The van der Waals surface area contributed by atoms with Crippen LogP contribution in [-0.2, 0) is 4.79 Å². The zero-order chi connectivity index (χ0) is 11.7. The van der Waals surface area contributed by atoms with E-state index in [1.54, 1.807) is 0 Å². The van der Waals surface area contributed by atoms with Gasteiger partial charge in [-0.05, 0) is 23.8 Å². The molecule has 0 aromatic rings. The Morgan fingerprint density at radius 1 is 1.20 bits per heavy atom. The normalized spacial score (nSPS) is 22.8. The molecule has 0 fully saturated rings. The van der Waals surface area contributed by atoms with Crippen molar-refractivity contribution in [2.24, 2.45) is 0 Å². The van der Waals surface area contributed by atoms with E-state index >= 15 is 0 Å². The fourth-order valence-electron chi connectivity index (χ4n) is 0.993. The van der Waals surface area contributed by atoms with E-state index in [0.717, 1.165) is 30.4 Å². The Morgan fingerprint density at radius 3 is 2.27 bits per heavy atom. The standard InChI is InChI=1S/C9H10O6/c10-7(11)2-1-6-3-4-8(12,13)9(14,15)5-6/h1-5,12-15H,(H,10,11). The van der Waals surface area contributed by atoms with Gasteiger partial charge in [0.05, 0.1) is 0 Å². The highest BCUT2D eigenvalue weighted by Gasteiger charge is 2.45. The smallest absolute Gasteiger partial charge is 0.328 e. The second kappa shape index (κ2) is 3.59. The fraction of sp³-hybridized carbons (Fsp3) is 0.222.